The predicted molar refractivity (Wildman–Crippen MR) is 75.9 cm³/mol. The minimum atomic E-state index is -3.78. The fourth-order valence-corrected chi connectivity index (χ4v) is 2.40. The molecular weight excluding hydrogens is 278 g/mol. The third-order valence-corrected chi connectivity index (χ3v) is 3.73. The van der Waals surface area contributed by atoms with Gasteiger partial charge in [0, 0.05) is 18.4 Å². The van der Waals surface area contributed by atoms with Gasteiger partial charge in [-0.3, -0.25) is 4.79 Å². The van der Waals surface area contributed by atoms with E-state index in [1.165, 1.54) is 18.2 Å². The number of amides is 1. The maximum atomic E-state index is 12.1. The van der Waals surface area contributed by atoms with Crippen molar-refractivity contribution in [1.29, 1.82) is 0 Å². The highest BCUT2D eigenvalue weighted by atomic mass is 32.2. The minimum Gasteiger partial charge on any atom is -0.344 e. The zero-order valence-corrected chi connectivity index (χ0v) is 11.7. The van der Waals surface area contributed by atoms with Crippen LogP contribution >= 0.6 is 0 Å². The molecule has 6 nitrogen and oxygen atoms in total. The van der Waals surface area contributed by atoms with E-state index >= 15 is 0 Å². The molecule has 0 saturated heterocycles. The van der Waals surface area contributed by atoms with E-state index in [-0.39, 0.29) is 10.8 Å². The Kier molecular flexibility index (Phi) is 3.91. The molecule has 2 rings (SSSR count). The van der Waals surface area contributed by atoms with Gasteiger partial charge >= 0.3 is 0 Å². The number of aromatic nitrogens is 1. The molecule has 20 heavy (non-hydrogen) atoms. The average Bonchev–Trinajstić information content (AvgIpc) is 2.86. The van der Waals surface area contributed by atoms with Crippen molar-refractivity contribution >= 4 is 21.6 Å². The third kappa shape index (κ3) is 3.06. The van der Waals surface area contributed by atoms with Gasteiger partial charge in [-0.1, -0.05) is 6.07 Å². The molecule has 0 fully saturated rings. The van der Waals surface area contributed by atoms with E-state index in [0.29, 0.717) is 17.9 Å². The summed E-state index contributed by atoms with van der Waals surface area (Å²) in [5.74, 6) is -0.302. The monoisotopic (exact) mass is 293 g/mol. The first-order valence-corrected chi connectivity index (χ1v) is 7.56. The molecule has 2 aromatic rings. The Hall–Kier alpha value is -2.12. The summed E-state index contributed by atoms with van der Waals surface area (Å²) in [6.07, 6.45) is 1.80. The van der Waals surface area contributed by atoms with Gasteiger partial charge in [-0.2, -0.15) is 0 Å². The summed E-state index contributed by atoms with van der Waals surface area (Å²) in [6, 6.07) is 9.30. The normalized spacial score (nSPS) is 11.3. The molecule has 106 valence electrons. The topological polar surface area (TPSA) is 94.2 Å². The van der Waals surface area contributed by atoms with Crippen LogP contribution in [-0.2, 0) is 16.6 Å². The summed E-state index contributed by atoms with van der Waals surface area (Å²) < 4.78 is 24.3. The second-order valence-electron chi connectivity index (χ2n) is 4.21. The van der Waals surface area contributed by atoms with Crippen LogP contribution in [0.15, 0.2) is 47.5 Å². The number of nitrogens with two attached hydrogens (primary N) is 1. The van der Waals surface area contributed by atoms with Crippen molar-refractivity contribution in [2.24, 2.45) is 5.14 Å². The van der Waals surface area contributed by atoms with Crippen LogP contribution in [0.2, 0.25) is 0 Å². The molecule has 0 atom stereocenters. The highest BCUT2D eigenvalue weighted by Crippen LogP contribution is 2.15. The van der Waals surface area contributed by atoms with E-state index in [1.807, 2.05) is 6.92 Å². The molecule has 0 bridgehead atoms. The van der Waals surface area contributed by atoms with Crippen molar-refractivity contribution in [3.63, 3.8) is 0 Å². The van der Waals surface area contributed by atoms with Crippen molar-refractivity contribution in [3.8, 4) is 0 Å². The van der Waals surface area contributed by atoms with Crippen LogP contribution < -0.4 is 10.5 Å². The molecule has 1 heterocycles. The van der Waals surface area contributed by atoms with Gasteiger partial charge in [0.25, 0.3) is 5.91 Å². The number of hydrogen-bond donors (Lipinski definition) is 2. The van der Waals surface area contributed by atoms with Crippen LogP contribution in [0, 0.1) is 0 Å². The Morgan fingerprint density at radius 2 is 2.05 bits per heavy atom. The minimum absolute atomic E-state index is 0.0406. The number of nitrogens with zero attached hydrogens (tertiary/aromatic N) is 1. The molecule has 0 aliphatic rings. The molecular formula is C13H15N3O3S. The summed E-state index contributed by atoms with van der Waals surface area (Å²) in [5, 5.41) is 7.70. The van der Waals surface area contributed by atoms with Gasteiger partial charge in [0.05, 0.1) is 4.90 Å². The molecule has 0 spiro atoms. The zero-order chi connectivity index (χ0) is 14.8. The van der Waals surface area contributed by atoms with Gasteiger partial charge < -0.3 is 9.88 Å². The lowest BCUT2D eigenvalue weighted by Gasteiger charge is -2.08. The summed E-state index contributed by atoms with van der Waals surface area (Å²) in [4.78, 5) is 12.1. The Balaban J connectivity index is 2.25. The lowest BCUT2D eigenvalue weighted by atomic mass is 10.3. The van der Waals surface area contributed by atoms with Crippen LogP contribution in [0.25, 0.3) is 0 Å². The Morgan fingerprint density at radius 3 is 2.70 bits per heavy atom. The number of rotatable bonds is 4. The van der Waals surface area contributed by atoms with Crippen molar-refractivity contribution in [2.45, 2.75) is 18.4 Å². The van der Waals surface area contributed by atoms with E-state index in [0.717, 1.165) is 0 Å². The van der Waals surface area contributed by atoms with Crippen molar-refractivity contribution in [1.82, 2.24) is 4.57 Å². The lowest BCUT2D eigenvalue weighted by molar-refractivity contribution is 0.101. The van der Waals surface area contributed by atoms with E-state index in [4.69, 9.17) is 5.14 Å². The number of aryl methyl sites for hydroxylation is 1. The molecule has 0 unspecified atom stereocenters. The Morgan fingerprint density at radius 1 is 1.30 bits per heavy atom. The van der Waals surface area contributed by atoms with Crippen LogP contribution in [-0.4, -0.2) is 18.9 Å². The Bertz CT molecular complexity index is 735. The molecule has 3 N–H and O–H groups in total. The van der Waals surface area contributed by atoms with Crippen molar-refractivity contribution in [3.05, 3.63) is 48.3 Å². The number of hydrogen-bond acceptors (Lipinski definition) is 3. The van der Waals surface area contributed by atoms with Gasteiger partial charge in [-0.05, 0) is 37.3 Å². The summed E-state index contributed by atoms with van der Waals surface area (Å²) >= 11 is 0. The highest BCUT2D eigenvalue weighted by molar-refractivity contribution is 7.89. The molecule has 0 aliphatic carbocycles. The van der Waals surface area contributed by atoms with E-state index in [9.17, 15) is 13.2 Å². The van der Waals surface area contributed by atoms with Gasteiger partial charge in [-0.25, -0.2) is 13.6 Å². The molecule has 1 aromatic heterocycles. The smallest absolute Gasteiger partial charge is 0.272 e. The number of sulfonamides is 1. The van der Waals surface area contributed by atoms with Crippen LogP contribution in [0.4, 0.5) is 5.69 Å². The van der Waals surface area contributed by atoms with Gasteiger partial charge in [0.15, 0.2) is 0 Å². The van der Waals surface area contributed by atoms with Gasteiger partial charge in [-0.15, -0.1) is 0 Å². The molecule has 0 radical (unpaired) electrons. The third-order valence-electron chi connectivity index (χ3n) is 2.82. The van der Waals surface area contributed by atoms with Gasteiger partial charge in [0.2, 0.25) is 10.0 Å². The Labute approximate surface area is 117 Å². The molecule has 1 amide bonds. The summed E-state index contributed by atoms with van der Waals surface area (Å²) in [7, 11) is -3.78. The van der Waals surface area contributed by atoms with E-state index in [1.54, 1.807) is 29.0 Å². The second kappa shape index (κ2) is 5.48. The summed E-state index contributed by atoms with van der Waals surface area (Å²) in [5.41, 5.74) is 0.888. The molecule has 0 aliphatic heterocycles. The average molecular weight is 293 g/mol. The fourth-order valence-electron chi connectivity index (χ4n) is 1.84. The zero-order valence-electron chi connectivity index (χ0n) is 10.9. The highest BCUT2D eigenvalue weighted by Gasteiger charge is 2.12. The van der Waals surface area contributed by atoms with E-state index < -0.39 is 10.0 Å². The fraction of sp³-hybridized carbons (Fsp3) is 0.154. The molecule has 1 aromatic carbocycles. The van der Waals surface area contributed by atoms with Gasteiger partial charge in [0.1, 0.15) is 5.69 Å². The number of nitrogens with one attached hydrogen (secondary N) is 1. The van der Waals surface area contributed by atoms with Crippen LogP contribution in [0.3, 0.4) is 0 Å². The number of benzene rings is 1. The number of carbonyl (C=O) groups is 1. The number of carbonyl (C=O) groups excluding carboxylic acids is 1. The first-order chi connectivity index (χ1) is 9.41. The SMILES string of the molecule is CCn1cccc1C(=O)Nc1cccc(S(N)(=O)=O)c1. The molecule has 7 heteroatoms. The lowest BCUT2D eigenvalue weighted by Crippen LogP contribution is -2.17. The predicted octanol–water partition coefficient (Wildman–Crippen LogP) is 1.41. The van der Waals surface area contributed by atoms with Crippen molar-refractivity contribution < 1.29 is 13.2 Å². The second-order valence-corrected chi connectivity index (χ2v) is 5.77. The van der Waals surface area contributed by atoms with E-state index in [2.05, 4.69) is 5.32 Å². The number of anilines is 1. The molecule has 0 saturated carbocycles. The van der Waals surface area contributed by atoms with Crippen LogP contribution in [0.5, 0.6) is 0 Å². The standard InChI is InChI=1S/C13H15N3O3S/c1-2-16-8-4-7-12(16)13(17)15-10-5-3-6-11(9-10)20(14,18)19/h3-9H,2H2,1H3,(H,15,17)(H2,14,18,19). The number of primary sulfonamides is 1. The maximum Gasteiger partial charge on any atom is 0.272 e. The van der Waals surface area contributed by atoms with Crippen molar-refractivity contribution in [2.75, 3.05) is 5.32 Å². The largest absolute Gasteiger partial charge is 0.344 e. The maximum absolute atomic E-state index is 12.1. The van der Waals surface area contributed by atoms with Crippen LogP contribution in [0.1, 0.15) is 17.4 Å². The quantitative estimate of drug-likeness (QED) is 0.892. The first-order valence-electron chi connectivity index (χ1n) is 6.01. The first kappa shape index (κ1) is 14.3. The summed E-state index contributed by atoms with van der Waals surface area (Å²) in [6.45, 7) is 2.60.